The molecule has 0 aromatic carbocycles. The van der Waals surface area contributed by atoms with Crippen LogP contribution in [0.2, 0.25) is 0 Å². The molecule has 114 valence electrons. The minimum Gasteiger partial charge on any atom is -0.331 e. The van der Waals surface area contributed by atoms with Crippen molar-refractivity contribution in [1.82, 2.24) is 14.8 Å². The van der Waals surface area contributed by atoms with E-state index in [4.69, 9.17) is 0 Å². The summed E-state index contributed by atoms with van der Waals surface area (Å²) in [6, 6.07) is 0.863. The summed E-state index contributed by atoms with van der Waals surface area (Å²) in [6.45, 7) is 5.50. The SMILES string of the molecule is CCN1CC[C@H]2CC[C@@H](C1)N2C(=O)c1cnc(C2CC2)s1. The van der Waals surface area contributed by atoms with Crippen molar-refractivity contribution >= 4 is 17.2 Å². The van der Waals surface area contributed by atoms with Crippen molar-refractivity contribution in [2.24, 2.45) is 0 Å². The third kappa shape index (κ3) is 2.50. The van der Waals surface area contributed by atoms with E-state index in [1.807, 2.05) is 6.20 Å². The van der Waals surface area contributed by atoms with E-state index < -0.39 is 0 Å². The van der Waals surface area contributed by atoms with Crippen molar-refractivity contribution in [3.05, 3.63) is 16.1 Å². The number of hydrogen-bond acceptors (Lipinski definition) is 4. The zero-order chi connectivity index (χ0) is 14.4. The summed E-state index contributed by atoms with van der Waals surface area (Å²) in [6.07, 6.45) is 7.81. The highest BCUT2D eigenvalue weighted by molar-refractivity contribution is 7.13. The number of hydrogen-bond donors (Lipinski definition) is 0. The molecule has 4 nitrogen and oxygen atoms in total. The summed E-state index contributed by atoms with van der Waals surface area (Å²) in [5.74, 6) is 0.887. The maximum Gasteiger partial charge on any atom is 0.266 e. The summed E-state index contributed by atoms with van der Waals surface area (Å²) in [5.41, 5.74) is 0. The van der Waals surface area contributed by atoms with Crippen LogP contribution in [0, 0.1) is 0 Å². The molecule has 2 aliphatic heterocycles. The number of carbonyl (C=O) groups excluding carboxylic acids is 1. The molecule has 1 aromatic rings. The molecule has 3 fully saturated rings. The fourth-order valence-electron chi connectivity index (χ4n) is 3.80. The molecule has 3 heterocycles. The minimum absolute atomic E-state index is 0.241. The lowest BCUT2D eigenvalue weighted by molar-refractivity contribution is 0.0676. The Morgan fingerprint density at radius 1 is 1.29 bits per heavy atom. The Morgan fingerprint density at radius 3 is 2.86 bits per heavy atom. The average molecular weight is 305 g/mol. The van der Waals surface area contributed by atoms with Crippen LogP contribution in [-0.4, -0.2) is 52.4 Å². The predicted molar refractivity (Wildman–Crippen MR) is 83.8 cm³/mol. The van der Waals surface area contributed by atoms with E-state index in [-0.39, 0.29) is 5.91 Å². The van der Waals surface area contributed by atoms with Crippen molar-refractivity contribution in [1.29, 1.82) is 0 Å². The number of likely N-dealkylation sites (N-methyl/N-ethyl adjacent to an activating group) is 1. The van der Waals surface area contributed by atoms with E-state index in [1.165, 1.54) is 30.7 Å². The third-order valence-electron chi connectivity index (χ3n) is 5.21. The van der Waals surface area contributed by atoms with Gasteiger partial charge < -0.3 is 9.80 Å². The van der Waals surface area contributed by atoms with E-state index in [0.29, 0.717) is 18.0 Å². The van der Waals surface area contributed by atoms with Gasteiger partial charge in [0, 0.05) is 31.1 Å². The highest BCUT2D eigenvalue weighted by Crippen LogP contribution is 2.42. The van der Waals surface area contributed by atoms with Crippen LogP contribution in [0.5, 0.6) is 0 Å². The monoisotopic (exact) mass is 305 g/mol. The largest absolute Gasteiger partial charge is 0.331 e. The van der Waals surface area contributed by atoms with Crippen LogP contribution in [0.1, 0.15) is 59.6 Å². The van der Waals surface area contributed by atoms with Crippen LogP contribution < -0.4 is 0 Å². The van der Waals surface area contributed by atoms with Gasteiger partial charge in [-0.2, -0.15) is 0 Å². The first-order valence-corrected chi connectivity index (χ1v) is 9.08. The second-order valence-electron chi connectivity index (χ2n) is 6.62. The summed E-state index contributed by atoms with van der Waals surface area (Å²) in [4.78, 5) is 23.0. The topological polar surface area (TPSA) is 36.4 Å². The van der Waals surface area contributed by atoms with Gasteiger partial charge in [0.05, 0.1) is 11.2 Å². The van der Waals surface area contributed by atoms with Gasteiger partial charge in [0.1, 0.15) is 4.88 Å². The van der Waals surface area contributed by atoms with Crippen molar-refractivity contribution in [3.63, 3.8) is 0 Å². The Morgan fingerprint density at radius 2 is 2.10 bits per heavy atom. The van der Waals surface area contributed by atoms with Gasteiger partial charge in [0.2, 0.25) is 0 Å². The molecule has 2 saturated heterocycles. The molecule has 21 heavy (non-hydrogen) atoms. The molecule has 0 unspecified atom stereocenters. The average Bonchev–Trinajstić information content (AvgIpc) is 3.12. The molecule has 0 radical (unpaired) electrons. The zero-order valence-corrected chi connectivity index (χ0v) is 13.4. The molecule has 3 aliphatic rings. The lowest BCUT2D eigenvalue weighted by Crippen LogP contribution is -2.42. The van der Waals surface area contributed by atoms with Crippen LogP contribution in [0.25, 0.3) is 0 Å². The smallest absolute Gasteiger partial charge is 0.266 e. The van der Waals surface area contributed by atoms with E-state index in [9.17, 15) is 4.79 Å². The molecule has 1 saturated carbocycles. The predicted octanol–water partition coefficient (Wildman–Crippen LogP) is 2.72. The van der Waals surface area contributed by atoms with Crippen molar-refractivity contribution in [3.8, 4) is 0 Å². The van der Waals surface area contributed by atoms with Gasteiger partial charge in [-0.05, 0) is 38.6 Å². The maximum atomic E-state index is 12.9. The minimum atomic E-state index is 0.241. The molecule has 2 bridgehead atoms. The van der Waals surface area contributed by atoms with Crippen LogP contribution in [-0.2, 0) is 0 Å². The second-order valence-corrected chi connectivity index (χ2v) is 7.68. The van der Waals surface area contributed by atoms with Gasteiger partial charge in [0.15, 0.2) is 0 Å². The number of likely N-dealkylation sites (tertiary alicyclic amines) is 1. The third-order valence-corrected chi connectivity index (χ3v) is 6.36. The molecule has 1 aromatic heterocycles. The van der Waals surface area contributed by atoms with Crippen LogP contribution >= 0.6 is 11.3 Å². The van der Waals surface area contributed by atoms with Gasteiger partial charge in [0.25, 0.3) is 5.91 Å². The van der Waals surface area contributed by atoms with E-state index >= 15 is 0 Å². The highest BCUT2D eigenvalue weighted by Gasteiger charge is 2.40. The number of carbonyl (C=O) groups is 1. The number of nitrogens with zero attached hydrogens (tertiary/aromatic N) is 3. The van der Waals surface area contributed by atoms with Gasteiger partial charge in [-0.1, -0.05) is 6.92 Å². The van der Waals surface area contributed by atoms with E-state index in [0.717, 1.165) is 30.9 Å². The lowest BCUT2D eigenvalue weighted by Gasteiger charge is -2.28. The van der Waals surface area contributed by atoms with Crippen LogP contribution in [0.3, 0.4) is 0 Å². The van der Waals surface area contributed by atoms with Crippen LogP contribution in [0.15, 0.2) is 6.20 Å². The Kier molecular flexibility index (Phi) is 3.50. The number of fused-ring (bicyclic) bond motifs is 2. The molecule has 1 aliphatic carbocycles. The number of amides is 1. The number of aromatic nitrogens is 1. The number of rotatable bonds is 3. The molecular weight excluding hydrogens is 282 g/mol. The fraction of sp³-hybridized carbons (Fsp3) is 0.750. The number of thiazole rings is 1. The lowest BCUT2D eigenvalue weighted by atomic mass is 10.1. The van der Waals surface area contributed by atoms with Gasteiger partial charge >= 0.3 is 0 Å². The summed E-state index contributed by atoms with van der Waals surface area (Å²) >= 11 is 1.63. The standard InChI is InChI=1S/C16H23N3OS/c1-2-18-8-7-12-5-6-13(10-18)19(12)16(20)14-9-17-15(21-14)11-3-4-11/h9,11-13H,2-8,10H2,1H3/t12-,13+/m1/s1. The Labute approximate surface area is 130 Å². The van der Waals surface area contributed by atoms with Crippen molar-refractivity contribution in [2.45, 2.75) is 57.0 Å². The molecule has 4 rings (SSSR count). The van der Waals surface area contributed by atoms with Crippen molar-refractivity contribution < 1.29 is 4.79 Å². The Hall–Kier alpha value is -0.940. The highest BCUT2D eigenvalue weighted by atomic mass is 32.1. The van der Waals surface area contributed by atoms with E-state index in [1.54, 1.807) is 11.3 Å². The van der Waals surface area contributed by atoms with Gasteiger partial charge in [-0.15, -0.1) is 11.3 Å². The molecule has 5 heteroatoms. The first-order valence-electron chi connectivity index (χ1n) is 8.27. The summed E-state index contributed by atoms with van der Waals surface area (Å²) < 4.78 is 0. The normalized spacial score (nSPS) is 29.7. The summed E-state index contributed by atoms with van der Waals surface area (Å²) in [5, 5.41) is 1.18. The zero-order valence-electron chi connectivity index (χ0n) is 12.6. The van der Waals surface area contributed by atoms with E-state index in [2.05, 4.69) is 21.7 Å². The fourth-order valence-corrected chi connectivity index (χ4v) is 4.83. The molecule has 0 spiro atoms. The Bertz CT molecular complexity index is 539. The maximum absolute atomic E-state index is 12.9. The molecule has 0 N–H and O–H groups in total. The van der Waals surface area contributed by atoms with Gasteiger partial charge in [-0.25, -0.2) is 4.98 Å². The first-order chi connectivity index (χ1) is 10.3. The second kappa shape index (κ2) is 5.36. The van der Waals surface area contributed by atoms with Crippen molar-refractivity contribution in [2.75, 3.05) is 19.6 Å². The molecule has 2 atom stereocenters. The first kappa shape index (κ1) is 13.7. The molecular formula is C16H23N3OS. The molecule has 1 amide bonds. The summed E-state index contributed by atoms with van der Waals surface area (Å²) in [7, 11) is 0. The van der Waals surface area contributed by atoms with Crippen LogP contribution in [0.4, 0.5) is 0 Å². The quantitative estimate of drug-likeness (QED) is 0.861. The Balaban J connectivity index is 1.54. The van der Waals surface area contributed by atoms with Gasteiger partial charge in [-0.3, -0.25) is 4.79 Å².